The number of alkyl halides is 3. The second kappa shape index (κ2) is 6.30. The molecule has 2 unspecified atom stereocenters. The number of aryl methyl sites for hydroxylation is 2. The predicted molar refractivity (Wildman–Crippen MR) is 102 cm³/mol. The summed E-state index contributed by atoms with van der Waals surface area (Å²) in [6.07, 6.45) is -1.64. The molecule has 10 heteroatoms. The fourth-order valence-corrected chi connectivity index (χ4v) is 4.45. The van der Waals surface area contributed by atoms with E-state index in [9.17, 15) is 13.2 Å². The van der Waals surface area contributed by atoms with E-state index < -0.39 is 11.7 Å². The molecule has 2 fully saturated rings. The van der Waals surface area contributed by atoms with Crippen molar-refractivity contribution in [3.05, 3.63) is 35.9 Å². The van der Waals surface area contributed by atoms with E-state index in [1.807, 2.05) is 14.0 Å². The van der Waals surface area contributed by atoms with Crippen molar-refractivity contribution in [1.29, 1.82) is 0 Å². The zero-order valence-electron chi connectivity index (χ0n) is 16.1. The van der Waals surface area contributed by atoms with Gasteiger partial charge < -0.3 is 9.80 Å². The molecule has 2 atom stereocenters. The third-order valence-electron chi connectivity index (χ3n) is 5.87. The van der Waals surface area contributed by atoms with Crippen LogP contribution in [0.1, 0.15) is 11.4 Å². The molecule has 29 heavy (non-hydrogen) atoms. The van der Waals surface area contributed by atoms with Crippen LogP contribution < -0.4 is 9.80 Å². The number of hydrogen-bond acceptors (Lipinski definition) is 6. The number of nitrogens with zero attached hydrogens (tertiary/aromatic N) is 7. The molecule has 0 saturated carbocycles. The van der Waals surface area contributed by atoms with Gasteiger partial charge in [-0.05, 0) is 19.1 Å². The summed E-state index contributed by atoms with van der Waals surface area (Å²) < 4.78 is 40.0. The van der Waals surface area contributed by atoms with Gasteiger partial charge in [-0.2, -0.15) is 18.3 Å². The Hall–Kier alpha value is -2.91. The smallest absolute Gasteiger partial charge is 0.356 e. The molecule has 0 aliphatic carbocycles. The van der Waals surface area contributed by atoms with Gasteiger partial charge in [-0.25, -0.2) is 15.0 Å². The molecular formula is C19H20F3N7. The van der Waals surface area contributed by atoms with Gasteiger partial charge in [0, 0.05) is 51.3 Å². The number of pyridine rings is 1. The van der Waals surface area contributed by atoms with Crippen molar-refractivity contribution < 1.29 is 13.2 Å². The minimum absolute atomic E-state index is 0.418. The second-order valence-corrected chi connectivity index (χ2v) is 7.83. The quantitative estimate of drug-likeness (QED) is 0.656. The molecule has 0 bridgehead atoms. The SMILES string of the molecule is Cc1nc(N2CC3CN(c4ccc(C(F)(F)F)cn4)CC3C2)c2cnn(C)c2n1. The van der Waals surface area contributed by atoms with Gasteiger partial charge in [0.05, 0.1) is 17.1 Å². The van der Waals surface area contributed by atoms with Crippen LogP contribution in [0.15, 0.2) is 24.5 Å². The van der Waals surface area contributed by atoms with Crippen LogP contribution in [0.3, 0.4) is 0 Å². The number of rotatable bonds is 2. The Morgan fingerprint density at radius 3 is 2.28 bits per heavy atom. The third kappa shape index (κ3) is 3.06. The summed E-state index contributed by atoms with van der Waals surface area (Å²) in [5.41, 5.74) is 0.103. The van der Waals surface area contributed by atoms with E-state index in [0.717, 1.165) is 55.3 Å². The Kier molecular flexibility index (Phi) is 3.94. The van der Waals surface area contributed by atoms with Crippen LogP contribution in [-0.2, 0) is 13.2 Å². The molecule has 0 amide bonds. The highest BCUT2D eigenvalue weighted by Crippen LogP contribution is 2.37. The maximum absolute atomic E-state index is 12.8. The molecule has 2 saturated heterocycles. The van der Waals surface area contributed by atoms with Crippen molar-refractivity contribution >= 4 is 22.7 Å². The van der Waals surface area contributed by atoms with Crippen molar-refractivity contribution in [2.75, 3.05) is 36.0 Å². The van der Waals surface area contributed by atoms with Crippen molar-refractivity contribution in [3.63, 3.8) is 0 Å². The monoisotopic (exact) mass is 403 g/mol. The number of anilines is 2. The Morgan fingerprint density at radius 2 is 1.66 bits per heavy atom. The molecule has 5 rings (SSSR count). The number of hydrogen-bond donors (Lipinski definition) is 0. The van der Waals surface area contributed by atoms with E-state index in [1.54, 1.807) is 10.9 Å². The highest BCUT2D eigenvalue weighted by molar-refractivity contribution is 5.87. The lowest BCUT2D eigenvalue weighted by Crippen LogP contribution is -2.30. The van der Waals surface area contributed by atoms with Gasteiger partial charge in [0.15, 0.2) is 5.65 Å². The van der Waals surface area contributed by atoms with Crippen molar-refractivity contribution in [2.45, 2.75) is 13.1 Å². The summed E-state index contributed by atoms with van der Waals surface area (Å²) in [6.45, 7) is 5.13. The molecule has 0 spiro atoms. The number of fused-ring (bicyclic) bond motifs is 2. The van der Waals surface area contributed by atoms with Gasteiger partial charge >= 0.3 is 6.18 Å². The third-order valence-corrected chi connectivity index (χ3v) is 5.87. The van der Waals surface area contributed by atoms with Gasteiger partial charge in [0.25, 0.3) is 0 Å². The summed E-state index contributed by atoms with van der Waals surface area (Å²) in [5, 5.41) is 5.25. The molecule has 152 valence electrons. The van der Waals surface area contributed by atoms with Crippen LogP contribution >= 0.6 is 0 Å². The Morgan fingerprint density at radius 1 is 0.966 bits per heavy atom. The van der Waals surface area contributed by atoms with E-state index in [4.69, 9.17) is 0 Å². The fraction of sp³-hybridized carbons (Fsp3) is 0.474. The Labute approximate surface area is 165 Å². The first kappa shape index (κ1) is 18.1. The highest BCUT2D eigenvalue weighted by Gasteiger charge is 2.41. The zero-order valence-corrected chi connectivity index (χ0v) is 16.1. The molecule has 2 aliphatic rings. The average Bonchev–Trinajstić information content (AvgIpc) is 3.34. The summed E-state index contributed by atoms with van der Waals surface area (Å²) in [7, 11) is 1.87. The fourth-order valence-electron chi connectivity index (χ4n) is 4.45. The molecular weight excluding hydrogens is 383 g/mol. The second-order valence-electron chi connectivity index (χ2n) is 7.83. The average molecular weight is 403 g/mol. The van der Waals surface area contributed by atoms with Crippen LogP contribution in [-0.4, -0.2) is 50.9 Å². The van der Waals surface area contributed by atoms with Crippen molar-refractivity contribution in [2.24, 2.45) is 18.9 Å². The molecule has 3 aromatic heterocycles. The van der Waals surface area contributed by atoms with Gasteiger partial charge in [-0.15, -0.1) is 0 Å². The van der Waals surface area contributed by atoms with Crippen LogP contribution in [0.5, 0.6) is 0 Å². The Bertz CT molecular complexity index is 1050. The molecule has 7 nitrogen and oxygen atoms in total. The van der Waals surface area contributed by atoms with Crippen molar-refractivity contribution in [1.82, 2.24) is 24.7 Å². The van der Waals surface area contributed by atoms with Gasteiger partial charge in [0.2, 0.25) is 0 Å². The molecule has 2 aliphatic heterocycles. The van der Waals surface area contributed by atoms with Gasteiger partial charge in [-0.1, -0.05) is 0 Å². The van der Waals surface area contributed by atoms with E-state index >= 15 is 0 Å². The van der Waals surface area contributed by atoms with E-state index in [1.165, 1.54) is 6.07 Å². The topological polar surface area (TPSA) is 63.0 Å². The lowest BCUT2D eigenvalue weighted by Gasteiger charge is -2.23. The van der Waals surface area contributed by atoms with Gasteiger partial charge in [0.1, 0.15) is 17.5 Å². The zero-order chi connectivity index (χ0) is 20.3. The highest BCUT2D eigenvalue weighted by atomic mass is 19.4. The van der Waals surface area contributed by atoms with E-state index in [-0.39, 0.29) is 0 Å². The minimum Gasteiger partial charge on any atom is -0.356 e. The van der Waals surface area contributed by atoms with Crippen LogP contribution in [0.4, 0.5) is 24.8 Å². The summed E-state index contributed by atoms with van der Waals surface area (Å²) >= 11 is 0. The van der Waals surface area contributed by atoms with Crippen LogP contribution in [0.2, 0.25) is 0 Å². The molecule has 0 N–H and O–H groups in total. The first-order valence-corrected chi connectivity index (χ1v) is 9.49. The Balaban J connectivity index is 1.33. The van der Waals surface area contributed by atoms with E-state index in [0.29, 0.717) is 23.5 Å². The maximum Gasteiger partial charge on any atom is 0.417 e. The predicted octanol–water partition coefficient (Wildman–Crippen LogP) is 2.66. The maximum atomic E-state index is 12.8. The lowest BCUT2D eigenvalue weighted by atomic mass is 10.0. The summed E-state index contributed by atoms with van der Waals surface area (Å²) in [5.74, 6) is 3.06. The van der Waals surface area contributed by atoms with Crippen LogP contribution in [0, 0.1) is 18.8 Å². The first-order chi connectivity index (χ1) is 13.8. The van der Waals surface area contributed by atoms with Gasteiger partial charge in [-0.3, -0.25) is 4.68 Å². The normalized spacial score (nSPS) is 22.0. The first-order valence-electron chi connectivity index (χ1n) is 9.49. The molecule has 5 heterocycles. The molecule has 3 aromatic rings. The molecule has 0 aromatic carbocycles. The van der Waals surface area contributed by atoms with Crippen LogP contribution in [0.25, 0.3) is 11.0 Å². The summed E-state index contributed by atoms with van der Waals surface area (Å²) in [4.78, 5) is 17.6. The largest absolute Gasteiger partial charge is 0.417 e. The lowest BCUT2D eigenvalue weighted by molar-refractivity contribution is -0.137. The van der Waals surface area contributed by atoms with Crippen molar-refractivity contribution in [3.8, 4) is 0 Å². The standard InChI is InChI=1S/C19H20F3N7/c1-11-25-17-15(6-24-27(17)2)18(26-11)29-9-12-7-28(8-13(12)10-29)16-4-3-14(5-23-16)19(20,21)22/h3-6,12-13H,7-10H2,1-2H3. The number of aromatic nitrogens is 5. The summed E-state index contributed by atoms with van der Waals surface area (Å²) in [6, 6.07) is 2.57. The minimum atomic E-state index is -4.36. The number of halogens is 3. The van der Waals surface area contributed by atoms with E-state index in [2.05, 4.69) is 29.9 Å². The molecule has 0 radical (unpaired) electrons.